The van der Waals surface area contributed by atoms with Gasteiger partial charge in [-0.25, -0.2) is 0 Å². The van der Waals surface area contributed by atoms with Crippen LogP contribution < -0.4 is 4.74 Å². The summed E-state index contributed by atoms with van der Waals surface area (Å²) in [5.74, 6) is 0.833. The van der Waals surface area contributed by atoms with Crippen molar-refractivity contribution in [2.24, 2.45) is 0 Å². The molecular weight excluding hydrogens is 255 g/mol. The van der Waals surface area contributed by atoms with Crippen LogP contribution in [0.15, 0.2) is 42.5 Å². The van der Waals surface area contributed by atoms with Gasteiger partial charge in [0.15, 0.2) is 0 Å². The molecule has 0 aliphatic heterocycles. The predicted molar refractivity (Wildman–Crippen MR) is 73.1 cm³/mol. The highest BCUT2D eigenvalue weighted by molar-refractivity contribution is 6.36. The fourth-order valence-corrected chi connectivity index (χ4v) is 2.19. The summed E-state index contributed by atoms with van der Waals surface area (Å²) in [4.78, 5) is 0. The molecule has 0 N–H and O–H groups in total. The summed E-state index contributed by atoms with van der Waals surface area (Å²) in [5, 5.41) is 1.26. The van der Waals surface area contributed by atoms with E-state index in [2.05, 4.69) is 0 Å². The number of halogens is 2. The fourth-order valence-electron chi connectivity index (χ4n) is 1.68. The Bertz CT molecular complexity index is 523. The number of hydrogen-bond donors (Lipinski definition) is 0. The van der Waals surface area contributed by atoms with Gasteiger partial charge in [0.05, 0.1) is 11.6 Å². The van der Waals surface area contributed by atoms with Crippen molar-refractivity contribution >= 4 is 23.2 Å². The van der Waals surface area contributed by atoms with E-state index in [1.165, 1.54) is 0 Å². The molecule has 0 aliphatic rings. The lowest BCUT2D eigenvalue weighted by molar-refractivity contribution is 0.341. The van der Waals surface area contributed by atoms with Crippen molar-refractivity contribution in [2.75, 3.05) is 6.61 Å². The third kappa shape index (κ3) is 2.74. The lowest BCUT2D eigenvalue weighted by Gasteiger charge is -2.11. The molecule has 2 rings (SSSR count). The lowest BCUT2D eigenvalue weighted by atomic mass is 10.0. The zero-order chi connectivity index (χ0) is 12.3. The van der Waals surface area contributed by atoms with Crippen LogP contribution in [0.4, 0.5) is 0 Å². The maximum absolute atomic E-state index is 6.20. The second-order valence-corrected chi connectivity index (χ2v) is 4.40. The van der Waals surface area contributed by atoms with Gasteiger partial charge in [-0.1, -0.05) is 47.5 Å². The summed E-state index contributed by atoms with van der Waals surface area (Å²) < 4.78 is 5.59. The largest absolute Gasteiger partial charge is 0.493 e. The molecule has 0 amide bonds. The predicted octanol–water partition coefficient (Wildman–Crippen LogP) is 5.06. The smallest absolute Gasteiger partial charge is 0.127 e. The molecule has 0 radical (unpaired) electrons. The Morgan fingerprint density at radius 3 is 2.47 bits per heavy atom. The quantitative estimate of drug-likeness (QED) is 0.755. The van der Waals surface area contributed by atoms with Crippen molar-refractivity contribution in [2.45, 2.75) is 6.92 Å². The number of rotatable bonds is 3. The zero-order valence-electron chi connectivity index (χ0n) is 9.41. The third-order valence-electron chi connectivity index (χ3n) is 2.41. The Labute approximate surface area is 111 Å². The Morgan fingerprint density at radius 2 is 1.76 bits per heavy atom. The standard InChI is InChI=1S/C14H12Cl2O/c1-2-17-14-6-4-3-5-12(14)11-8-7-10(15)9-13(11)16/h3-9H,2H2,1H3. The van der Waals surface area contributed by atoms with E-state index in [1.807, 2.05) is 43.3 Å². The van der Waals surface area contributed by atoms with Crippen molar-refractivity contribution in [3.8, 4) is 16.9 Å². The normalized spacial score (nSPS) is 10.3. The van der Waals surface area contributed by atoms with E-state index in [0.717, 1.165) is 16.9 Å². The number of ether oxygens (including phenoxy) is 1. The number of hydrogen-bond acceptors (Lipinski definition) is 1. The van der Waals surface area contributed by atoms with Gasteiger partial charge >= 0.3 is 0 Å². The van der Waals surface area contributed by atoms with E-state index in [4.69, 9.17) is 27.9 Å². The average Bonchev–Trinajstić information content (AvgIpc) is 2.31. The van der Waals surface area contributed by atoms with Crippen LogP contribution in [0.5, 0.6) is 5.75 Å². The molecule has 88 valence electrons. The van der Waals surface area contributed by atoms with Crippen molar-refractivity contribution in [1.29, 1.82) is 0 Å². The van der Waals surface area contributed by atoms with Gasteiger partial charge in [-0.05, 0) is 25.1 Å². The SMILES string of the molecule is CCOc1ccccc1-c1ccc(Cl)cc1Cl. The molecule has 0 fully saturated rings. The molecule has 17 heavy (non-hydrogen) atoms. The molecule has 3 heteroatoms. The molecule has 1 nitrogen and oxygen atoms in total. The van der Waals surface area contributed by atoms with E-state index in [9.17, 15) is 0 Å². The zero-order valence-corrected chi connectivity index (χ0v) is 10.9. The van der Waals surface area contributed by atoms with E-state index < -0.39 is 0 Å². The van der Waals surface area contributed by atoms with E-state index in [0.29, 0.717) is 16.7 Å². The van der Waals surface area contributed by atoms with Gasteiger partial charge in [0.2, 0.25) is 0 Å². The lowest BCUT2D eigenvalue weighted by Crippen LogP contribution is -1.94. The van der Waals surface area contributed by atoms with Crippen molar-refractivity contribution < 1.29 is 4.74 Å². The molecule has 0 aromatic heterocycles. The molecule has 2 aromatic rings. The van der Waals surface area contributed by atoms with Gasteiger partial charge in [0.25, 0.3) is 0 Å². The van der Waals surface area contributed by atoms with Crippen molar-refractivity contribution in [1.82, 2.24) is 0 Å². The van der Waals surface area contributed by atoms with Crippen LogP contribution in [0.2, 0.25) is 10.0 Å². The molecule has 0 spiro atoms. The average molecular weight is 267 g/mol. The highest BCUT2D eigenvalue weighted by Crippen LogP contribution is 2.35. The summed E-state index contributed by atoms with van der Waals surface area (Å²) >= 11 is 12.1. The Morgan fingerprint density at radius 1 is 1.00 bits per heavy atom. The van der Waals surface area contributed by atoms with Gasteiger partial charge in [-0.15, -0.1) is 0 Å². The minimum atomic E-state index is 0.627. The monoisotopic (exact) mass is 266 g/mol. The van der Waals surface area contributed by atoms with Crippen LogP contribution >= 0.6 is 23.2 Å². The van der Waals surface area contributed by atoms with Crippen molar-refractivity contribution in [3.05, 3.63) is 52.5 Å². The summed E-state index contributed by atoms with van der Waals surface area (Å²) in [7, 11) is 0. The molecule has 0 atom stereocenters. The van der Waals surface area contributed by atoms with Gasteiger partial charge in [0, 0.05) is 16.1 Å². The van der Waals surface area contributed by atoms with Gasteiger partial charge in [-0.2, -0.15) is 0 Å². The van der Waals surface area contributed by atoms with E-state index in [-0.39, 0.29) is 0 Å². The van der Waals surface area contributed by atoms with Gasteiger partial charge in [0.1, 0.15) is 5.75 Å². The van der Waals surface area contributed by atoms with E-state index >= 15 is 0 Å². The van der Waals surface area contributed by atoms with Crippen LogP contribution in [0.3, 0.4) is 0 Å². The van der Waals surface area contributed by atoms with Crippen LogP contribution in [-0.4, -0.2) is 6.61 Å². The number of benzene rings is 2. The molecule has 0 saturated carbocycles. The summed E-state index contributed by atoms with van der Waals surface area (Å²) in [6.45, 7) is 2.59. The first-order valence-corrected chi connectivity index (χ1v) is 6.15. The summed E-state index contributed by atoms with van der Waals surface area (Å²) in [6.07, 6.45) is 0. The van der Waals surface area contributed by atoms with Crippen LogP contribution in [0.25, 0.3) is 11.1 Å². The minimum Gasteiger partial charge on any atom is -0.493 e. The van der Waals surface area contributed by atoms with Crippen molar-refractivity contribution in [3.63, 3.8) is 0 Å². The molecular formula is C14H12Cl2O. The fraction of sp³-hybridized carbons (Fsp3) is 0.143. The third-order valence-corrected chi connectivity index (χ3v) is 2.96. The molecule has 0 bridgehead atoms. The first-order chi connectivity index (χ1) is 8.22. The first kappa shape index (κ1) is 12.3. The van der Waals surface area contributed by atoms with Gasteiger partial charge < -0.3 is 4.74 Å². The Kier molecular flexibility index (Phi) is 3.93. The second kappa shape index (κ2) is 5.44. The summed E-state index contributed by atoms with van der Waals surface area (Å²) in [5.41, 5.74) is 1.91. The Balaban J connectivity index is 2.52. The van der Waals surface area contributed by atoms with Crippen LogP contribution in [0.1, 0.15) is 6.92 Å². The Hall–Kier alpha value is -1.18. The van der Waals surface area contributed by atoms with Crippen LogP contribution in [-0.2, 0) is 0 Å². The second-order valence-electron chi connectivity index (χ2n) is 3.55. The first-order valence-electron chi connectivity index (χ1n) is 5.39. The molecule has 0 unspecified atom stereocenters. The highest BCUT2D eigenvalue weighted by atomic mass is 35.5. The van der Waals surface area contributed by atoms with Crippen LogP contribution in [0, 0.1) is 0 Å². The molecule has 0 saturated heterocycles. The molecule has 2 aromatic carbocycles. The molecule has 0 aliphatic carbocycles. The summed E-state index contributed by atoms with van der Waals surface area (Å²) in [6, 6.07) is 13.3. The maximum Gasteiger partial charge on any atom is 0.127 e. The maximum atomic E-state index is 6.20. The van der Waals surface area contributed by atoms with Gasteiger partial charge in [-0.3, -0.25) is 0 Å². The minimum absolute atomic E-state index is 0.627. The number of para-hydroxylation sites is 1. The highest BCUT2D eigenvalue weighted by Gasteiger charge is 2.09. The van der Waals surface area contributed by atoms with E-state index in [1.54, 1.807) is 6.07 Å². The molecule has 0 heterocycles. The topological polar surface area (TPSA) is 9.23 Å².